The first kappa shape index (κ1) is 21.0. The number of hydrogen-bond acceptors (Lipinski definition) is 4. The average molecular weight is 405 g/mol. The molecule has 0 heterocycles. The summed E-state index contributed by atoms with van der Waals surface area (Å²) in [5.74, 6) is 0.911. The Morgan fingerprint density at radius 3 is 2.59 bits per heavy atom. The average Bonchev–Trinajstić information content (AvgIpc) is 3.01. The SMILES string of the molecule is CC(CCC(=O)O)[C@H]1CC[C@H]2[C@@H]3[C@@H](O)CC4CC(=O)CC[C@]4(C)[C@H]3CC(=O)[C@]12C. The van der Waals surface area contributed by atoms with Gasteiger partial charge in [0, 0.05) is 31.1 Å². The lowest BCUT2D eigenvalue weighted by Gasteiger charge is -2.61. The third kappa shape index (κ3) is 3.10. The molecule has 4 aliphatic rings. The van der Waals surface area contributed by atoms with E-state index in [2.05, 4.69) is 20.8 Å². The van der Waals surface area contributed by atoms with E-state index in [1.807, 2.05) is 0 Å². The lowest BCUT2D eigenvalue weighted by Crippen LogP contribution is -2.61. The number of rotatable bonds is 4. The normalized spacial score (nSPS) is 47.9. The summed E-state index contributed by atoms with van der Waals surface area (Å²) in [6.07, 6.45) is 5.42. The van der Waals surface area contributed by atoms with Crippen molar-refractivity contribution in [2.75, 3.05) is 0 Å². The summed E-state index contributed by atoms with van der Waals surface area (Å²) in [7, 11) is 0. The molecule has 0 radical (unpaired) electrons. The van der Waals surface area contributed by atoms with Crippen LogP contribution in [0, 0.1) is 46.3 Å². The number of carboxylic acid groups (broad SMARTS) is 1. The fraction of sp³-hybridized carbons (Fsp3) is 0.875. The number of ketones is 2. The van der Waals surface area contributed by atoms with Gasteiger partial charge in [0.25, 0.3) is 0 Å². The van der Waals surface area contributed by atoms with E-state index in [-0.39, 0.29) is 47.3 Å². The van der Waals surface area contributed by atoms with Gasteiger partial charge < -0.3 is 10.2 Å². The predicted octanol–water partition coefficient (Wildman–Crippen LogP) is 3.87. The van der Waals surface area contributed by atoms with Crippen molar-refractivity contribution in [2.45, 2.75) is 84.7 Å². The minimum atomic E-state index is -0.778. The van der Waals surface area contributed by atoms with Crippen LogP contribution in [0.4, 0.5) is 0 Å². The Bertz CT molecular complexity index is 716. The van der Waals surface area contributed by atoms with Gasteiger partial charge >= 0.3 is 5.97 Å². The van der Waals surface area contributed by atoms with Gasteiger partial charge in [0.05, 0.1) is 6.10 Å². The number of carboxylic acids is 1. The molecule has 4 rings (SSSR count). The van der Waals surface area contributed by atoms with Crippen molar-refractivity contribution in [1.82, 2.24) is 0 Å². The van der Waals surface area contributed by atoms with Crippen LogP contribution in [-0.4, -0.2) is 33.9 Å². The lowest BCUT2D eigenvalue weighted by atomic mass is 9.43. The van der Waals surface area contributed by atoms with Gasteiger partial charge in [0.2, 0.25) is 0 Å². The van der Waals surface area contributed by atoms with E-state index < -0.39 is 17.5 Å². The van der Waals surface area contributed by atoms with Crippen LogP contribution in [-0.2, 0) is 14.4 Å². The Kier molecular flexibility index (Phi) is 5.20. The first-order valence-electron chi connectivity index (χ1n) is 11.5. The maximum Gasteiger partial charge on any atom is 0.303 e. The quantitative estimate of drug-likeness (QED) is 0.742. The van der Waals surface area contributed by atoms with Crippen LogP contribution in [0.2, 0.25) is 0 Å². The Hall–Kier alpha value is -1.23. The molecule has 162 valence electrons. The molecule has 2 N–H and O–H groups in total. The van der Waals surface area contributed by atoms with Crippen molar-refractivity contribution in [3.8, 4) is 0 Å². The summed E-state index contributed by atoms with van der Waals surface area (Å²) in [5.41, 5.74) is -0.477. The Morgan fingerprint density at radius 1 is 1.17 bits per heavy atom. The highest BCUT2D eigenvalue weighted by Crippen LogP contribution is 2.67. The molecule has 0 aromatic heterocycles. The summed E-state index contributed by atoms with van der Waals surface area (Å²) in [6.45, 7) is 6.48. The summed E-state index contributed by atoms with van der Waals surface area (Å²) in [5, 5.41) is 20.3. The number of aliphatic carboxylic acids is 1. The van der Waals surface area contributed by atoms with E-state index in [1.165, 1.54) is 0 Å². The fourth-order valence-electron chi connectivity index (χ4n) is 8.22. The third-order valence-corrected chi connectivity index (χ3v) is 9.93. The minimum absolute atomic E-state index is 0.0260. The molecule has 5 nitrogen and oxygen atoms in total. The monoisotopic (exact) mass is 404 g/mol. The van der Waals surface area contributed by atoms with Gasteiger partial charge in [-0.25, -0.2) is 0 Å². The van der Waals surface area contributed by atoms with Crippen LogP contribution in [0.5, 0.6) is 0 Å². The molecule has 0 bridgehead atoms. The zero-order chi connectivity index (χ0) is 21.1. The Labute approximate surface area is 173 Å². The van der Waals surface area contributed by atoms with Gasteiger partial charge in [0.15, 0.2) is 0 Å². The summed E-state index contributed by atoms with van der Waals surface area (Å²) in [4.78, 5) is 36.7. The number of aliphatic hydroxyl groups is 1. The minimum Gasteiger partial charge on any atom is -0.481 e. The highest BCUT2D eigenvalue weighted by Gasteiger charge is 2.65. The van der Waals surface area contributed by atoms with E-state index >= 15 is 0 Å². The molecule has 2 unspecified atom stereocenters. The molecule has 4 saturated carbocycles. The molecule has 0 amide bonds. The molecular weight excluding hydrogens is 368 g/mol. The number of carbonyl (C=O) groups is 3. The topological polar surface area (TPSA) is 91.7 Å². The number of aliphatic hydroxyl groups excluding tert-OH is 1. The standard InChI is InChI=1S/C24H36O5/c1-13(4-7-21(28)29)16-5-6-17-22-18(12-20(27)24(16,17)3)23(2)9-8-15(25)10-14(23)11-19(22)26/h13-14,16-19,22,26H,4-12H2,1-3H3,(H,28,29)/t13?,14?,16-,17+,18+,19+,22+,23+,24-/m1/s1. The fourth-order valence-corrected chi connectivity index (χ4v) is 8.22. The molecule has 0 saturated heterocycles. The van der Waals surface area contributed by atoms with Crippen LogP contribution in [0.25, 0.3) is 0 Å². The number of hydrogen-bond donors (Lipinski definition) is 2. The van der Waals surface area contributed by atoms with Gasteiger partial charge in [-0.3, -0.25) is 14.4 Å². The van der Waals surface area contributed by atoms with Crippen LogP contribution in [0.15, 0.2) is 0 Å². The molecule has 4 aliphatic carbocycles. The van der Waals surface area contributed by atoms with Gasteiger partial charge in [-0.2, -0.15) is 0 Å². The molecule has 0 aromatic carbocycles. The number of Topliss-reactive ketones (excluding diaryl/α,β-unsaturated/α-hetero) is 2. The maximum atomic E-state index is 13.6. The van der Waals surface area contributed by atoms with Crippen molar-refractivity contribution in [2.24, 2.45) is 46.3 Å². The van der Waals surface area contributed by atoms with Crippen molar-refractivity contribution in [3.63, 3.8) is 0 Å². The van der Waals surface area contributed by atoms with Crippen LogP contribution in [0.1, 0.15) is 78.6 Å². The van der Waals surface area contributed by atoms with E-state index in [1.54, 1.807) is 0 Å². The highest BCUT2D eigenvalue weighted by molar-refractivity contribution is 5.87. The van der Waals surface area contributed by atoms with E-state index in [0.29, 0.717) is 43.7 Å². The second-order valence-electron chi connectivity index (χ2n) is 11.0. The van der Waals surface area contributed by atoms with Crippen molar-refractivity contribution in [3.05, 3.63) is 0 Å². The van der Waals surface area contributed by atoms with Crippen LogP contribution >= 0.6 is 0 Å². The van der Waals surface area contributed by atoms with Crippen molar-refractivity contribution in [1.29, 1.82) is 0 Å². The van der Waals surface area contributed by atoms with Gasteiger partial charge in [-0.15, -0.1) is 0 Å². The summed E-state index contributed by atoms with van der Waals surface area (Å²) < 4.78 is 0. The molecule has 5 heteroatoms. The highest BCUT2D eigenvalue weighted by atomic mass is 16.4. The molecule has 4 fully saturated rings. The van der Waals surface area contributed by atoms with E-state index in [0.717, 1.165) is 19.3 Å². The molecule has 29 heavy (non-hydrogen) atoms. The van der Waals surface area contributed by atoms with Gasteiger partial charge in [-0.05, 0) is 73.0 Å². The number of fused-ring (bicyclic) bond motifs is 5. The largest absolute Gasteiger partial charge is 0.481 e. The van der Waals surface area contributed by atoms with E-state index in [9.17, 15) is 19.5 Å². The molecule has 9 atom stereocenters. The van der Waals surface area contributed by atoms with Gasteiger partial charge in [-0.1, -0.05) is 20.8 Å². The molecule has 0 aliphatic heterocycles. The lowest BCUT2D eigenvalue weighted by molar-refractivity contribution is -0.177. The number of carbonyl (C=O) groups excluding carboxylic acids is 2. The van der Waals surface area contributed by atoms with Crippen molar-refractivity contribution < 1.29 is 24.6 Å². The third-order valence-electron chi connectivity index (χ3n) is 9.93. The Balaban J connectivity index is 1.62. The zero-order valence-electron chi connectivity index (χ0n) is 18.0. The van der Waals surface area contributed by atoms with Crippen LogP contribution in [0.3, 0.4) is 0 Å². The van der Waals surface area contributed by atoms with E-state index in [4.69, 9.17) is 5.11 Å². The predicted molar refractivity (Wildman–Crippen MR) is 108 cm³/mol. The molecule has 0 spiro atoms. The summed E-state index contributed by atoms with van der Waals surface area (Å²) in [6, 6.07) is 0. The smallest absolute Gasteiger partial charge is 0.303 e. The van der Waals surface area contributed by atoms with Crippen molar-refractivity contribution >= 4 is 17.5 Å². The first-order chi connectivity index (χ1) is 13.6. The van der Waals surface area contributed by atoms with Crippen LogP contribution < -0.4 is 0 Å². The second-order valence-corrected chi connectivity index (χ2v) is 11.0. The molecule has 0 aromatic rings. The molecular formula is C24H36O5. The summed E-state index contributed by atoms with van der Waals surface area (Å²) >= 11 is 0. The second kappa shape index (κ2) is 7.18. The maximum absolute atomic E-state index is 13.6. The zero-order valence-corrected chi connectivity index (χ0v) is 18.0. The van der Waals surface area contributed by atoms with Gasteiger partial charge in [0.1, 0.15) is 11.6 Å². The Morgan fingerprint density at radius 2 is 1.90 bits per heavy atom. The first-order valence-corrected chi connectivity index (χ1v) is 11.5.